The molecule has 0 saturated carbocycles. The predicted octanol–water partition coefficient (Wildman–Crippen LogP) is 5.40. The molecule has 194 valence electrons. The Hall–Kier alpha value is -3.65. The van der Waals surface area contributed by atoms with E-state index < -0.39 is 6.04 Å². The van der Waals surface area contributed by atoms with Crippen molar-refractivity contribution < 1.29 is 19.1 Å². The van der Waals surface area contributed by atoms with Gasteiger partial charge in [-0.05, 0) is 78.4 Å². The number of halogens is 1. The Morgan fingerprint density at radius 2 is 1.68 bits per heavy atom. The molecule has 0 radical (unpaired) electrons. The van der Waals surface area contributed by atoms with Gasteiger partial charge >= 0.3 is 0 Å². The van der Waals surface area contributed by atoms with E-state index in [4.69, 9.17) is 9.47 Å². The highest BCUT2D eigenvalue weighted by molar-refractivity contribution is 9.10. The zero-order valence-electron chi connectivity index (χ0n) is 21.2. The molecule has 0 spiro atoms. The summed E-state index contributed by atoms with van der Waals surface area (Å²) < 4.78 is 12.4. The average Bonchev–Trinajstić information content (AvgIpc) is 2.88. The number of nitrogens with one attached hydrogen (secondary N) is 2. The fourth-order valence-corrected chi connectivity index (χ4v) is 3.71. The standard InChI is InChI=1S/C29H32BrN3O4/c1-20(2)16-26(32-28(34)19-37-27-7-5-4-6-21(27)3)29(35)33-31-17-22-10-14-25(15-11-22)36-18-23-8-12-24(30)13-9-23/h4-15,17,20,26H,16,18-19H2,1-3H3,(H,32,34)(H,33,35)/b31-17-/t26-/m1/s1. The monoisotopic (exact) mass is 565 g/mol. The van der Waals surface area contributed by atoms with Crippen molar-refractivity contribution in [2.45, 2.75) is 39.8 Å². The fraction of sp³-hybridized carbons (Fsp3) is 0.276. The van der Waals surface area contributed by atoms with Gasteiger partial charge in [0.2, 0.25) is 0 Å². The van der Waals surface area contributed by atoms with Gasteiger partial charge in [0.15, 0.2) is 6.61 Å². The van der Waals surface area contributed by atoms with Crippen LogP contribution >= 0.6 is 15.9 Å². The average molecular weight is 566 g/mol. The molecule has 37 heavy (non-hydrogen) atoms. The molecule has 0 aliphatic carbocycles. The highest BCUT2D eigenvalue weighted by atomic mass is 79.9. The Labute approximate surface area is 226 Å². The zero-order chi connectivity index (χ0) is 26.6. The van der Waals surface area contributed by atoms with E-state index in [0.29, 0.717) is 18.8 Å². The maximum absolute atomic E-state index is 12.7. The van der Waals surface area contributed by atoms with Gasteiger partial charge in [-0.1, -0.05) is 60.1 Å². The molecule has 0 aliphatic heterocycles. The molecule has 0 saturated heterocycles. The van der Waals surface area contributed by atoms with Crippen molar-refractivity contribution in [3.05, 3.63) is 94.0 Å². The maximum atomic E-state index is 12.7. The largest absolute Gasteiger partial charge is 0.489 e. The molecule has 2 N–H and O–H groups in total. The van der Waals surface area contributed by atoms with Crippen LogP contribution in [0.15, 0.2) is 82.4 Å². The minimum Gasteiger partial charge on any atom is -0.489 e. The third-order valence-corrected chi connectivity index (χ3v) is 5.93. The lowest BCUT2D eigenvalue weighted by Gasteiger charge is -2.19. The topological polar surface area (TPSA) is 89.0 Å². The number of hydrogen-bond acceptors (Lipinski definition) is 5. The van der Waals surface area contributed by atoms with Gasteiger partial charge in [-0.25, -0.2) is 5.43 Å². The lowest BCUT2D eigenvalue weighted by atomic mass is 10.0. The number of benzene rings is 3. The summed E-state index contributed by atoms with van der Waals surface area (Å²) in [5.74, 6) is 0.811. The van der Waals surface area contributed by atoms with Gasteiger partial charge < -0.3 is 14.8 Å². The van der Waals surface area contributed by atoms with Crippen LogP contribution in [0.5, 0.6) is 11.5 Å². The Balaban J connectivity index is 1.48. The van der Waals surface area contributed by atoms with Crippen molar-refractivity contribution in [2.75, 3.05) is 6.61 Å². The smallest absolute Gasteiger partial charge is 0.262 e. The number of hydrazone groups is 1. The van der Waals surface area contributed by atoms with Crippen LogP contribution < -0.4 is 20.2 Å². The molecular weight excluding hydrogens is 534 g/mol. The van der Waals surface area contributed by atoms with Crippen molar-refractivity contribution in [3.63, 3.8) is 0 Å². The van der Waals surface area contributed by atoms with Gasteiger partial charge in [0.1, 0.15) is 24.1 Å². The molecular formula is C29H32BrN3O4. The number of rotatable bonds is 12. The third-order valence-electron chi connectivity index (χ3n) is 5.40. The van der Waals surface area contributed by atoms with Crippen LogP contribution in [0.2, 0.25) is 0 Å². The molecule has 3 aromatic carbocycles. The van der Waals surface area contributed by atoms with Gasteiger partial charge in [-0.2, -0.15) is 5.10 Å². The van der Waals surface area contributed by atoms with E-state index in [1.54, 1.807) is 12.3 Å². The highest BCUT2D eigenvalue weighted by Crippen LogP contribution is 2.17. The molecule has 1 atom stereocenters. The van der Waals surface area contributed by atoms with Crippen LogP contribution in [-0.2, 0) is 16.2 Å². The van der Waals surface area contributed by atoms with Crippen molar-refractivity contribution in [3.8, 4) is 11.5 Å². The maximum Gasteiger partial charge on any atom is 0.262 e. The second-order valence-electron chi connectivity index (χ2n) is 9.02. The lowest BCUT2D eigenvalue weighted by molar-refractivity contribution is -0.130. The minimum absolute atomic E-state index is 0.174. The normalized spacial score (nSPS) is 11.8. The highest BCUT2D eigenvalue weighted by Gasteiger charge is 2.22. The van der Waals surface area contributed by atoms with E-state index in [9.17, 15) is 9.59 Å². The summed E-state index contributed by atoms with van der Waals surface area (Å²) in [4.78, 5) is 25.2. The quantitative estimate of drug-likeness (QED) is 0.227. The number of ether oxygens (including phenoxy) is 2. The van der Waals surface area contributed by atoms with E-state index >= 15 is 0 Å². The van der Waals surface area contributed by atoms with Crippen molar-refractivity contribution in [1.29, 1.82) is 0 Å². The molecule has 0 fully saturated rings. The van der Waals surface area contributed by atoms with E-state index in [-0.39, 0.29) is 24.3 Å². The number of hydrogen-bond donors (Lipinski definition) is 2. The third kappa shape index (κ3) is 9.73. The van der Waals surface area contributed by atoms with Crippen LogP contribution in [0.1, 0.15) is 37.0 Å². The van der Waals surface area contributed by atoms with Crippen LogP contribution in [0.4, 0.5) is 0 Å². The van der Waals surface area contributed by atoms with E-state index in [2.05, 4.69) is 31.8 Å². The zero-order valence-corrected chi connectivity index (χ0v) is 22.8. The first-order chi connectivity index (χ1) is 17.8. The van der Waals surface area contributed by atoms with E-state index in [1.807, 2.05) is 87.5 Å². The van der Waals surface area contributed by atoms with Gasteiger partial charge in [0.25, 0.3) is 11.8 Å². The van der Waals surface area contributed by atoms with Crippen LogP contribution in [0.25, 0.3) is 0 Å². The molecule has 0 heterocycles. The number of nitrogens with zero attached hydrogens (tertiary/aromatic N) is 1. The summed E-state index contributed by atoms with van der Waals surface area (Å²) >= 11 is 3.42. The Morgan fingerprint density at radius 3 is 2.35 bits per heavy atom. The van der Waals surface area contributed by atoms with E-state index in [0.717, 1.165) is 26.9 Å². The van der Waals surface area contributed by atoms with Gasteiger partial charge in [-0.3, -0.25) is 9.59 Å². The molecule has 2 amide bonds. The summed E-state index contributed by atoms with van der Waals surface area (Å²) in [6.07, 6.45) is 2.02. The number of para-hydroxylation sites is 1. The summed E-state index contributed by atoms with van der Waals surface area (Å²) in [6, 6.07) is 22.1. The van der Waals surface area contributed by atoms with Crippen molar-refractivity contribution >= 4 is 34.0 Å². The molecule has 8 heteroatoms. The molecule has 0 aromatic heterocycles. The van der Waals surface area contributed by atoms with Crippen LogP contribution in [0.3, 0.4) is 0 Å². The predicted molar refractivity (Wildman–Crippen MR) is 149 cm³/mol. The van der Waals surface area contributed by atoms with Gasteiger partial charge in [-0.15, -0.1) is 0 Å². The number of amides is 2. The molecule has 0 unspecified atom stereocenters. The van der Waals surface area contributed by atoms with Gasteiger partial charge in [0, 0.05) is 4.47 Å². The first kappa shape index (κ1) is 27.9. The van der Waals surface area contributed by atoms with Crippen molar-refractivity contribution in [1.82, 2.24) is 10.7 Å². The summed E-state index contributed by atoms with van der Waals surface area (Å²) in [6.45, 7) is 6.17. The molecule has 3 aromatic rings. The molecule has 0 aliphatic rings. The van der Waals surface area contributed by atoms with Crippen molar-refractivity contribution in [2.24, 2.45) is 11.0 Å². The Kier molecular flexibility index (Phi) is 10.7. The summed E-state index contributed by atoms with van der Waals surface area (Å²) in [5.41, 5.74) is 5.34. The summed E-state index contributed by atoms with van der Waals surface area (Å²) in [5, 5.41) is 6.82. The lowest BCUT2D eigenvalue weighted by Crippen LogP contribution is -2.47. The first-order valence-electron chi connectivity index (χ1n) is 12.1. The Morgan fingerprint density at radius 1 is 0.973 bits per heavy atom. The molecule has 0 bridgehead atoms. The van der Waals surface area contributed by atoms with E-state index in [1.165, 1.54) is 0 Å². The fourth-order valence-electron chi connectivity index (χ4n) is 3.45. The number of carbonyl (C=O) groups is 2. The van der Waals surface area contributed by atoms with Gasteiger partial charge in [0.05, 0.1) is 6.21 Å². The van der Waals surface area contributed by atoms with Crippen LogP contribution in [0, 0.1) is 12.8 Å². The second kappa shape index (κ2) is 14.2. The second-order valence-corrected chi connectivity index (χ2v) is 9.94. The first-order valence-corrected chi connectivity index (χ1v) is 12.9. The number of carbonyl (C=O) groups excluding carboxylic acids is 2. The minimum atomic E-state index is -0.723. The van der Waals surface area contributed by atoms with Crippen LogP contribution in [-0.4, -0.2) is 30.7 Å². The summed E-state index contributed by atoms with van der Waals surface area (Å²) in [7, 11) is 0. The number of aryl methyl sites for hydroxylation is 1. The molecule has 3 rings (SSSR count). The molecule has 7 nitrogen and oxygen atoms in total. The Bertz CT molecular complexity index is 1190. The SMILES string of the molecule is Cc1ccccc1OCC(=O)N[C@H](CC(C)C)C(=O)N/N=C\c1ccc(OCc2ccc(Br)cc2)cc1.